The number of hydrogen-bond acceptors (Lipinski definition) is 4. The summed E-state index contributed by atoms with van der Waals surface area (Å²) in [5, 5.41) is 3.56. The summed E-state index contributed by atoms with van der Waals surface area (Å²) >= 11 is 1.52. The molecule has 7 heteroatoms. The molecule has 1 aliphatic heterocycles. The number of nitrogens with zero attached hydrogens (tertiary/aromatic N) is 1. The Morgan fingerprint density at radius 2 is 2.10 bits per heavy atom. The first-order valence-corrected chi connectivity index (χ1v) is 7.64. The second-order valence-electron chi connectivity index (χ2n) is 5.20. The molecule has 1 aromatic rings. The molecule has 0 saturated carbocycles. The summed E-state index contributed by atoms with van der Waals surface area (Å²) in [6.45, 7) is 4.25. The molecule has 1 aliphatic rings. The lowest BCUT2D eigenvalue weighted by Gasteiger charge is -2.14. The summed E-state index contributed by atoms with van der Waals surface area (Å²) < 4.78 is 41.1. The van der Waals surface area contributed by atoms with E-state index in [4.69, 9.17) is 0 Å². The summed E-state index contributed by atoms with van der Waals surface area (Å²) in [7, 11) is 0. The lowest BCUT2D eigenvalue weighted by Crippen LogP contribution is -2.18. The Morgan fingerprint density at radius 3 is 2.76 bits per heavy atom. The number of halogens is 3. The van der Waals surface area contributed by atoms with Crippen molar-refractivity contribution in [3.8, 4) is 5.75 Å². The predicted molar refractivity (Wildman–Crippen MR) is 79.9 cm³/mol. The zero-order chi connectivity index (χ0) is 15.5. The Balaban J connectivity index is 2.07. The highest BCUT2D eigenvalue weighted by Gasteiger charge is 2.32. The third-order valence-electron chi connectivity index (χ3n) is 2.81. The van der Waals surface area contributed by atoms with Gasteiger partial charge in [-0.1, -0.05) is 37.7 Å². The minimum Gasteiger partial charge on any atom is -0.404 e. The van der Waals surface area contributed by atoms with E-state index < -0.39 is 6.36 Å². The summed E-state index contributed by atoms with van der Waals surface area (Å²) in [5.41, 5.74) is 0.270. The fourth-order valence-electron chi connectivity index (χ4n) is 2.05. The largest absolute Gasteiger partial charge is 0.573 e. The third-order valence-corrected chi connectivity index (χ3v) is 3.84. The Kier molecular flexibility index (Phi) is 5.03. The van der Waals surface area contributed by atoms with Crippen LogP contribution in [0.2, 0.25) is 0 Å². The first kappa shape index (κ1) is 16.0. The van der Waals surface area contributed by atoms with Crippen molar-refractivity contribution in [3.63, 3.8) is 0 Å². The molecular weight excluding hydrogens is 301 g/mol. The number of nitrogens with one attached hydrogen (secondary N) is 1. The van der Waals surface area contributed by atoms with Crippen LogP contribution < -0.4 is 10.1 Å². The second kappa shape index (κ2) is 6.60. The highest BCUT2D eigenvalue weighted by atomic mass is 32.2. The van der Waals surface area contributed by atoms with Crippen molar-refractivity contribution < 1.29 is 17.9 Å². The molecule has 0 amide bonds. The average Bonchev–Trinajstić information content (AvgIpc) is 2.76. The lowest BCUT2D eigenvalue weighted by molar-refractivity contribution is -0.274. The number of rotatable bonds is 4. The van der Waals surface area contributed by atoms with Gasteiger partial charge in [-0.2, -0.15) is 0 Å². The number of alkyl halides is 3. The SMILES string of the molecule is CC(C)CC1CSC(Nc2ccccc2OC(F)(F)F)=N1. The zero-order valence-electron chi connectivity index (χ0n) is 11.8. The molecule has 0 radical (unpaired) electrons. The first-order chi connectivity index (χ1) is 9.83. The standard InChI is InChI=1S/C14H17F3N2OS/c1-9(2)7-10-8-21-13(18-10)19-11-5-3-4-6-12(11)20-14(15,16)17/h3-6,9-10H,7-8H2,1-2H3,(H,18,19). The van der Waals surface area contributed by atoms with Gasteiger partial charge in [0.1, 0.15) is 0 Å². The monoisotopic (exact) mass is 318 g/mol. The molecule has 0 spiro atoms. The lowest BCUT2D eigenvalue weighted by atomic mass is 10.1. The van der Waals surface area contributed by atoms with Crippen molar-refractivity contribution in [2.45, 2.75) is 32.7 Å². The van der Waals surface area contributed by atoms with Crippen LogP contribution in [0.25, 0.3) is 0 Å². The minimum absolute atomic E-state index is 0.216. The Bertz CT molecular complexity index is 517. The van der Waals surface area contributed by atoms with Crippen LogP contribution in [-0.4, -0.2) is 23.3 Å². The minimum atomic E-state index is -4.71. The van der Waals surface area contributed by atoms with Gasteiger partial charge in [-0.25, -0.2) is 0 Å². The molecule has 3 nitrogen and oxygen atoms in total. The molecule has 0 aromatic heterocycles. The summed E-state index contributed by atoms with van der Waals surface area (Å²) in [4.78, 5) is 4.49. The molecule has 1 unspecified atom stereocenters. The zero-order valence-corrected chi connectivity index (χ0v) is 12.6. The van der Waals surface area contributed by atoms with Crippen molar-refractivity contribution in [1.82, 2.24) is 0 Å². The number of hydrogen-bond donors (Lipinski definition) is 1. The third kappa shape index (κ3) is 5.15. The van der Waals surface area contributed by atoms with Gasteiger partial charge in [-0.3, -0.25) is 4.99 Å². The van der Waals surface area contributed by atoms with E-state index >= 15 is 0 Å². The highest BCUT2D eigenvalue weighted by molar-refractivity contribution is 8.14. The molecule has 1 heterocycles. The molecule has 0 bridgehead atoms. The highest BCUT2D eigenvalue weighted by Crippen LogP contribution is 2.32. The Hall–Kier alpha value is -1.37. The molecular formula is C14H17F3N2OS. The van der Waals surface area contributed by atoms with Gasteiger partial charge in [0.25, 0.3) is 0 Å². The maximum Gasteiger partial charge on any atom is 0.573 e. The Morgan fingerprint density at radius 1 is 1.38 bits per heavy atom. The fourth-order valence-corrected chi connectivity index (χ4v) is 3.01. The number of thioether (sulfide) groups is 1. The van der Waals surface area contributed by atoms with E-state index in [1.54, 1.807) is 12.1 Å². The van der Waals surface area contributed by atoms with E-state index in [0.717, 1.165) is 12.2 Å². The summed E-state index contributed by atoms with van der Waals surface area (Å²) in [6.07, 6.45) is -3.73. The van der Waals surface area contributed by atoms with E-state index in [0.29, 0.717) is 11.1 Å². The van der Waals surface area contributed by atoms with Gasteiger partial charge in [0.05, 0.1) is 11.7 Å². The number of aliphatic imine (C=N–C) groups is 1. The summed E-state index contributed by atoms with van der Waals surface area (Å²) in [5.74, 6) is 1.14. The molecule has 0 aliphatic carbocycles. The predicted octanol–water partition coefficient (Wildman–Crippen LogP) is 4.51. The Labute approximate surface area is 126 Å². The van der Waals surface area contributed by atoms with E-state index in [-0.39, 0.29) is 17.5 Å². The summed E-state index contributed by atoms with van der Waals surface area (Å²) in [6, 6.07) is 6.18. The molecule has 1 N–H and O–H groups in total. The molecule has 0 saturated heterocycles. The first-order valence-electron chi connectivity index (χ1n) is 6.66. The van der Waals surface area contributed by atoms with Gasteiger partial charge in [-0.15, -0.1) is 13.2 Å². The molecule has 1 aromatic carbocycles. The van der Waals surface area contributed by atoms with Crippen LogP contribution in [-0.2, 0) is 0 Å². The average molecular weight is 318 g/mol. The van der Waals surface area contributed by atoms with Crippen LogP contribution in [0.1, 0.15) is 20.3 Å². The van der Waals surface area contributed by atoms with E-state index in [9.17, 15) is 13.2 Å². The van der Waals surface area contributed by atoms with Crippen molar-refractivity contribution in [2.75, 3.05) is 11.1 Å². The van der Waals surface area contributed by atoms with Crippen molar-refractivity contribution in [2.24, 2.45) is 10.9 Å². The van der Waals surface area contributed by atoms with Gasteiger partial charge < -0.3 is 10.1 Å². The maximum atomic E-state index is 12.4. The van der Waals surface area contributed by atoms with Crippen molar-refractivity contribution >= 4 is 22.6 Å². The molecule has 1 atom stereocenters. The normalized spacial score (nSPS) is 18.8. The molecule has 116 valence electrons. The van der Waals surface area contributed by atoms with Crippen molar-refractivity contribution in [1.29, 1.82) is 0 Å². The van der Waals surface area contributed by atoms with Gasteiger partial charge in [0.2, 0.25) is 0 Å². The topological polar surface area (TPSA) is 33.6 Å². The smallest absolute Gasteiger partial charge is 0.404 e. The molecule has 21 heavy (non-hydrogen) atoms. The number of amidine groups is 1. The second-order valence-corrected chi connectivity index (χ2v) is 6.21. The van der Waals surface area contributed by atoms with E-state index in [1.165, 1.54) is 23.9 Å². The molecule has 2 rings (SSSR count). The molecule has 0 fully saturated rings. The maximum absolute atomic E-state index is 12.4. The fraction of sp³-hybridized carbons (Fsp3) is 0.500. The van der Waals surface area contributed by atoms with Crippen LogP contribution in [0.5, 0.6) is 5.75 Å². The van der Waals surface area contributed by atoms with Gasteiger partial charge in [0, 0.05) is 5.75 Å². The quantitative estimate of drug-likeness (QED) is 0.886. The van der Waals surface area contributed by atoms with Gasteiger partial charge in [0.15, 0.2) is 10.9 Å². The van der Waals surface area contributed by atoms with Crippen LogP contribution in [0.4, 0.5) is 18.9 Å². The van der Waals surface area contributed by atoms with Crippen LogP contribution >= 0.6 is 11.8 Å². The van der Waals surface area contributed by atoms with E-state index in [1.807, 2.05) is 0 Å². The van der Waals surface area contributed by atoms with Crippen LogP contribution in [0.3, 0.4) is 0 Å². The van der Waals surface area contributed by atoms with E-state index in [2.05, 4.69) is 28.9 Å². The number of benzene rings is 1. The van der Waals surface area contributed by atoms with Gasteiger partial charge in [-0.05, 0) is 24.5 Å². The number of para-hydroxylation sites is 2. The number of ether oxygens (including phenoxy) is 1. The van der Waals surface area contributed by atoms with Crippen LogP contribution in [0.15, 0.2) is 29.3 Å². The number of anilines is 1. The van der Waals surface area contributed by atoms with Crippen molar-refractivity contribution in [3.05, 3.63) is 24.3 Å². The van der Waals surface area contributed by atoms with Gasteiger partial charge >= 0.3 is 6.36 Å². The van der Waals surface area contributed by atoms with Crippen LogP contribution in [0, 0.1) is 5.92 Å².